The first-order valence-corrected chi connectivity index (χ1v) is 10.8. The van der Waals surface area contributed by atoms with Crippen molar-refractivity contribution in [3.8, 4) is 0 Å². The molecule has 0 saturated carbocycles. The summed E-state index contributed by atoms with van der Waals surface area (Å²) in [4.78, 5) is 25.6. The van der Waals surface area contributed by atoms with E-state index in [2.05, 4.69) is 4.90 Å². The van der Waals surface area contributed by atoms with Crippen molar-refractivity contribution in [3.05, 3.63) is 35.6 Å². The van der Waals surface area contributed by atoms with Gasteiger partial charge in [0.2, 0.25) is 5.91 Å². The third-order valence-corrected chi connectivity index (χ3v) is 6.20. The normalized spacial score (nSPS) is 22.8. The number of ether oxygens (including phenoxy) is 1. The molecule has 0 aromatic heterocycles. The molecule has 1 aromatic rings. The van der Waals surface area contributed by atoms with Gasteiger partial charge in [0.05, 0.1) is 26.1 Å². The van der Waals surface area contributed by atoms with E-state index in [0.29, 0.717) is 24.6 Å². The van der Waals surface area contributed by atoms with Gasteiger partial charge in [-0.25, -0.2) is 9.18 Å². The summed E-state index contributed by atoms with van der Waals surface area (Å²) in [5.74, 6) is -2.43. The Balaban J connectivity index is 0.000000360. The molecule has 0 radical (unpaired) electrons. The first-order chi connectivity index (χ1) is 15.1. The second-order valence-electron chi connectivity index (χ2n) is 8.73. The van der Waals surface area contributed by atoms with Crippen molar-refractivity contribution in [2.75, 3.05) is 39.3 Å². The number of rotatable bonds is 4. The van der Waals surface area contributed by atoms with Gasteiger partial charge < -0.3 is 19.6 Å². The molecule has 3 aliphatic rings. The molecule has 0 aliphatic carbocycles. The minimum atomic E-state index is -5.08. The molecule has 1 N–H and O–H groups in total. The molecule has 3 saturated heterocycles. The summed E-state index contributed by atoms with van der Waals surface area (Å²) in [6.07, 6.45) is -0.0612. The highest BCUT2D eigenvalue weighted by Gasteiger charge is 2.48. The fourth-order valence-corrected chi connectivity index (χ4v) is 4.38. The van der Waals surface area contributed by atoms with E-state index in [4.69, 9.17) is 14.6 Å². The summed E-state index contributed by atoms with van der Waals surface area (Å²) in [5, 5.41) is 7.12. The van der Waals surface area contributed by atoms with Gasteiger partial charge in [-0.3, -0.25) is 4.79 Å². The second kappa shape index (κ2) is 10.2. The lowest BCUT2D eigenvalue weighted by Crippen LogP contribution is -2.66. The number of likely N-dealkylation sites (tertiary alicyclic amines) is 2. The van der Waals surface area contributed by atoms with Crippen molar-refractivity contribution >= 4 is 11.9 Å². The predicted molar refractivity (Wildman–Crippen MR) is 107 cm³/mol. The highest BCUT2D eigenvalue weighted by atomic mass is 19.4. The van der Waals surface area contributed by atoms with E-state index in [1.54, 1.807) is 18.2 Å². The molecule has 3 fully saturated rings. The summed E-state index contributed by atoms with van der Waals surface area (Å²) >= 11 is 0. The number of carboxylic acids is 1. The van der Waals surface area contributed by atoms with E-state index >= 15 is 0 Å². The Labute approximate surface area is 184 Å². The molecule has 1 spiro atoms. The van der Waals surface area contributed by atoms with E-state index in [9.17, 15) is 22.4 Å². The average molecular weight is 460 g/mol. The van der Waals surface area contributed by atoms with Crippen molar-refractivity contribution in [1.82, 2.24) is 9.80 Å². The Hall–Kier alpha value is -2.20. The summed E-state index contributed by atoms with van der Waals surface area (Å²) < 4.78 is 51.6. The van der Waals surface area contributed by atoms with Crippen LogP contribution in [0.25, 0.3) is 0 Å². The summed E-state index contributed by atoms with van der Waals surface area (Å²) in [7, 11) is 0. The smallest absolute Gasteiger partial charge is 0.475 e. The van der Waals surface area contributed by atoms with E-state index in [1.165, 1.54) is 38.4 Å². The molecule has 3 aliphatic heterocycles. The zero-order valence-corrected chi connectivity index (χ0v) is 17.7. The number of hydrogen-bond acceptors (Lipinski definition) is 4. The van der Waals surface area contributed by atoms with Gasteiger partial charge >= 0.3 is 12.1 Å². The van der Waals surface area contributed by atoms with Crippen LogP contribution in [0.2, 0.25) is 0 Å². The number of amides is 1. The summed E-state index contributed by atoms with van der Waals surface area (Å²) in [6.45, 7) is 5.77. The van der Waals surface area contributed by atoms with Gasteiger partial charge in [-0.1, -0.05) is 18.2 Å². The molecular weight excluding hydrogens is 432 g/mol. The van der Waals surface area contributed by atoms with E-state index in [1.807, 2.05) is 4.90 Å². The fraction of sp³-hybridized carbons (Fsp3) is 0.636. The van der Waals surface area contributed by atoms with E-state index in [0.717, 1.165) is 19.6 Å². The highest BCUT2D eigenvalue weighted by Crippen LogP contribution is 2.36. The van der Waals surface area contributed by atoms with Crippen molar-refractivity contribution in [3.63, 3.8) is 0 Å². The standard InChI is InChI=1S/C20H27FN2O2.C2HF3O2/c21-18-6-2-1-5-17(18)11-19(24)23-14-20(15-23)8-7-16(13-25-20)12-22-9-3-4-10-22;3-2(4,5)1(6)7/h1-2,5-6,16H,3-4,7-15H2;(H,6,7). The Kier molecular flexibility index (Phi) is 7.76. The Morgan fingerprint density at radius 3 is 2.31 bits per heavy atom. The van der Waals surface area contributed by atoms with Crippen LogP contribution in [-0.2, 0) is 20.7 Å². The van der Waals surface area contributed by atoms with E-state index < -0.39 is 12.1 Å². The maximum absolute atomic E-state index is 13.7. The number of nitrogens with zero attached hydrogens (tertiary/aromatic N) is 2. The Bertz CT molecular complexity index is 795. The number of halogens is 4. The number of hydrogen-bond donors (Lipinski definition) is 1. The van der Waals surface area contributed by atoms with Crippen LogP contribution in [0.15, 0.2) is 24.3 Å². The molecular formula is C22H28F4N2O4. The van der Waals surface area contributed by atoms with Gasteiger partial charge in [-0.15, -0.1) is 0 Å². The monoisotopic (exact) mass is 460 g/mol. The third kappa shape index (κ3) is 6.41. The number of carboxylic acid groups (broad SMARTS) is 1. The average Bonchev–Trinajstić information content (AvgIpc) is 3.21. The Morgan fingerprint density at radius 1 is 1.16 bits per heavy atom. The van der Waals surface area contributed by atoms with Gasteiger partial charge in [0, 0.05) is 6.54 Å². The largest absolute Gasteiger partial charge is 0.490 e. The summed E-state index contributed by atoms with van der Waals surface area (Å²) in [6, 6.07) is 6.51. The molecule has 3 heterocycles. The molecule has 10 heteroatoms. The van der Waals surface area contributed by atoms with Crippen LogP contribution in [-0.4, -0.2) is 77.9 Å². The second-order valence-corrected chi connectivity index (χ2v) is 8.73. The predicted octanol–water partition coefficient (Wildman–Crippen LogP) is 3.10. The third-order valence-electron chi connectivity index (χ3n) is 6.20. The lowest BCUT2D eigenvalue weighted by molar-refractivity contribution is -0.192. The van der Waals surface area contributed by atoms with Crippen molar-refractivity contribution < 1.29 is 37.0 Å². The van der Waals surface area contributed by atoms with Crippen molar-refractivity contribution in [2.24, 2.45) is 5.92 Å². The molecule has 1 amide bonds. The number of aliphatic carboxylic acids is 1. The summed E-state index contributed by atoms with van der Waals surface area (Å²) in [5.41, 5.74) is 0.343. The van der Waals surface area contributed by atoms with Crippen LogP contribution in [0.3, 0.4) is 0 Å². The van der Waals surface area contributed by atoms with Gasteiger partial charge in [0.1, 0.15) is 11.4 Å². The molecule has 178 valence electrons. The van der Waals surface area contributed by atoms with Gasteiger partial charge in [-0.05, 0) is 56.3 Å². The van der Waals surface area contributed by atoms with Gasteiger partial charge in [0.15, 0.2) is 0 Å². The topological polar surface area (TPSA) is 70.1 Å². The highest BCUT2D eigenvalue weighted by molar-refractivity contribution is 5.80. The van der Waals surface area contributed by atoms with Crippen LogP contribution in [0.4, 0.5) is 17.6 Å². The van der Waals surface area contributed by atoms with Crippen LogP contribution in [0, 0.1) is 11.7 Å². The molecule has 4 rings (SSSR count). The number of alkyl halides is 3. The zero-order valence-electron chi connectivity index (χ0n) is 17.7. The molecule has 6 nitrogen and oxygen atoms in total. The number of carbonyl (C=O) groups is 2. The van der Waals surface area contributed by atoms with E-state index in [-0.39, 0.29) is 23.7 Å². The van der Waals surface area contributed by atoms with Crippen LogP contribution in [0.5, 0.6) is 0 Å². The fourth-order valence-electron chi connectivity index (χ4n) is 4.38. The van der Waals surface area contributed by atoms with Crippen molar-refractivity contribution in [1.29, 1.82) is 0 Å². The molecule has 0 bridgehead atoms. The quantitative estimate of drug-likeness (QED) is 0.700. The first kappa shape index (κ1) is 24.4. The molecule has 1 aromatic carbocycles. The lowest BCUT2D eigenvalue weighted by Gasteiger charge is -2.53. The molecule has 1 atom stereocenters. The van der Waals surface area contributed by atoms with Crippen LogP contribution < -0.4 is 0 Å². The number of carbonyl (C=O) groups excluding carboxylic acids is 1. The Morgan fingerprint density at radius 2 is 1.78 bits per heavy atom. The first-order valence-electron chi connectivity index (χ1n) is 10.8. The molecule has 1 unspecified atom stereocenters. The maximum Gasteiger partial charge on any atom is 0.490 e. The minimum absolute atomic E-state index is 0.00137. The number of benzene rings is 1. The zero-order chi connectivity index (χ0) is 23.4. The van der Waals surface area contributed by atoms with Crippen LogP contribution >= 0.6 is 0 Å². The molecule has 32 heavy (non-hydrogen) atoms. The minimum Gasteiger partial charge on any atom is -0.475 e. The van der Waals surface area contributed by atoms with Gasteiger partial charge in [-0.2, -0.15) is 13.2 Å². The van der Waals surface area contributed by atoms with Gasteiger partial charge in [0.25, 0.3) is 0 Å². The lowest BCUT2D eigenvalue weighted by atomic mass is 9.82. The SMILES string of the molecule is O=C(Cc1ccccc1F)N1CC2(CCC(CN3CCCC3)CO2)C1.O=C(O)C(F)(F)F. The maximum atomic E-state index is 13.7. The van der Waals surface area contributed by atoms with Crippen LogP contribution in [0.1, 0.15) is 31.2 Å². The van der Waals surface area contributed by atoms with Crippen molar-refractivity contribution in [2.45, 2.75) is 43.9 Å².